The van der Waals surface area contributed by atoms with Crippen LogP contribution in [0.25, 0.3) is 0 Å². The van der Waals surface area contributed by atoms with Crippen molar-refractivity contribution in [2.45, 2.75) is 12.6 Å². The first-order valence-corrected chi connectivity index (χ1v) is 5.09. The lowest BCUT2D eigenvalue weighted by Crippen LogP contribution is -2.34. The van der Waals surface area contributed by atoms with Crippen molar-refractivity contribution in [3.05, 3.63) is 45.7 Å². The second-order valence-electron chi connectivity index (χ2n) is 3.66. The van der Waals surface area contributed by atoms with Gasteiger partial charge in [0, 0.05) is 6.42 Å². The summed E-state index contributed by atoms with van der Waals surface area (Å²) >= 11 is 0. The summed E-state index contributed by atoms with van der Waals surface area (Å²) < 4.78 is 0. The zero-order chi connectivity index (χ0) is 11.4. The zero-order valence-electron chi connectivity index (χ0n) is 8.69. The predicted molar refractivity (Wildman–Crippen MR) is 58.9 cm³/mol. The smallest absolute Gasteiger partial charge is 0.144 e. The van der Waals surface area contributed by atoms with Crippen molar-refractivity contribution >= 4 is 0 Å². The molecule has 0 atom stereocenters. The van der Waals surface area contributed by atoms with Gasteiger partial charge in [-0.15, -0.1) is 9.81 Å². The van der Waals surface area contributed by atoms with E-state index in [0.717, 1.165) is 5.56 Å². The first-order chi connectivity index (χ1) is 7.85. The largest absolute Gasteiger partial charge is 0.235 e. The lowest BCUT2D eigenvalue weighted by molar-refractivity contribution is 0.140. The van der Waals surface area contributed by atoms with Crippen LogP contribution in [-0.2, 0) is 6.42 Å². The third kappa shape index (κ3) is 2.00. The summed E-state index contributed by atoms with van der Waals surface area (Å²) in [5.74, 6) is 0. The van der Waals surface area contributed by atoms with Crippen LogP contribution in [-0.4, -0.2) is 29.3 Å². The van der Waals surface area contributed by atoms with Gasteiger partial charge >= 0.3 is 0 Å². The second-order valence-corrected chi connectivity index (χ2v) is 3.66. The van der Waals surface area contributed by atoms with E-state index in [1.54, 1.807) is 0 Å². The summed E-state index contributed by atoms with van der Waals surface area (Å²) in [6.07, 6.45) is 0.218. The third-order valence-corrected chi connectivity index (χ3v) is 2.72. The van der Waals surface area contributed by atoms with Gasteiger partial charge in [-0.1, -0.05) is 30.3 Å². The van der Waals surface area contributed by atoms with Gasteiger partial charge in [0.1, 0.15) is 6.17 Å². The molecule has 1 saturated heterocycles. The Labute approximate surface area is 92.7 Å². The standard InChI is InChI=1S/C10H12N4O2/c15-11-13-6-7-14(12-16)10(13)8-9-4-2-1-3-5-9/h1-5,10H,6-8H2. The molecule has 0 radical (unpaired) electrons. The molecule has 1 aliphatic heterocycles. The quantitative estimate of drug-likeness (QED) is 0.722. The van der Waals surface area contributed by atoms with Crippen LogP contribution in [0.1, 0.15) is 5.56 Å². The van der Waals surface area contributed by atoms with Gasteiger partial charge in [-0.2, -0.15) is 0 Å². The van der Waals surface area contributed by atoms with E-state index < -0.39 is 0 Å². The maximum absolute atomic E-state index is 10.6. The van der Waals surface area contributed by atoms with Crippen LogP contribution in [0.2, 0.25) is 0 Å². The number of hydrogen-bond acceptors (Lipinski definition) is 4. The highest BCUT2D eigenvalue weighted by atomic mass is 16.3. The number of benzene rings is 1. The van der Waals surface area contributed by atoms with E-state index in [4.69, 9.17) is 0 Å². The Bertz CT molecular complexity index is 354. The molecule has 6 nitrogen and oxygen atoms in total. The fraction of sp³-hybridized carbons (Fsp3) is 0.400. The van der Waals surface area contributed by atoms with Crippen molar-refractivity contribution in [2.75, 3.05) is 13.1 Å². The first-order valence-electron chi connectivity index (χ1n) is 5.09. The van der Waals surface area contributed by atoms with Gasteiger partial charge in [0.2, 0.25) is 0 Å². The van der Waals surface area contributed by atoms with Gasteiger partial charge in [-0.25, -0.2) is 10.0 Å². The topological polar surface area (TPSA) is 65.3 Å². The SMILES string of the molecule is O=NN1CCN(N=O)C1Cc1ccccc1. The molecular formula is C10H12N4O2. The molecular weight excluding hydrogens is 208 g/mol. The molecule has 0 amide bonds. The minimum atomic E-state index is -0.350. The van der Waals surface area contributed by atoms with Gasteiger partial charge in [-0.05, 0) is 5.56 Å². The lowest BCUT2D eigenvalue weighted by Gasteiger charge is -2.21. The highest BCUT2D eigenvalue weighted by molar-refractivity contribution is 5.16. The Balaban J connectivity index is 2.11. The van der Waals surface area contributed by atoms with Crippen molar-refractivity contribution in [1.29, 1.82) is 0 Å². The van der Waals surface area contributed by atoms with Crippen molar-refractivity contribution in [3.8, 4) is 0 Å². The molecule has 1 aromatic carbocycles. The third-order valence-electron chi connectivity index (χ3n) is 2.72. The molecule has 2 rings (SSSR count). The fourth-order valence-corrected chi connectivity index (χ4v) is 1.88. The van der Waals surface area contributed by atoms with E-state index >= 15 is 0 Å². The van der Waals surface area contributed by atoms with Crippen LogP contribution in [0.5, 0.6) is 0 Å². The molecule has 6 heteroatoms. The van der Waals surface area contributed by atoms with Gasteiger partial charge in [0.05, 0.1) is 23.7 Å². The van der Waals surface area contributed by atoms with Crippen molar-refractivity contribution < 1.29 is 0 Å². The molecule has 84 valence electrons. The molecule has 16 heavy (non-hydrogen) atoms. The average Bonchev–Trinajstić information content (AvgIpc) is 2.72. The summed E-state index contributed by atoms with van der Waals surface area (Å²) in [6, 6.07) is 9.65. The number of hydrogen-bond donors (Lipinski definition) is 0. The molecule has 0 spiro atoms. The molecule has 1 aliphatic rings. The molecule has 0 saturated carbocycles. The minimum Gasteiger partial charge on any atom is -0.235 e. The molecule has 0 bridgehead atoms. The number of rotatable bonds is 4. The first kappa shape index (κ1) is 10.5. The Hall–Kier alpha value is -1.98. The fourth-order valence-electron chi connectivity index (χ4n) is 1.88. The van der Waals surface area contributed by atoms with Crippen LogP contribution in [0.3, 0.4) is 0 Å². The zero-order valence-corrected chi connectivity index (χ0v) is 8.69. The summed E-state index contributed by atoms with van der Waals surface area (Å²) in [5, 5.41) is 8.52. The summed E-state index contributed by atoms with van der Waals surface area (Å²) in [6.45, 7) is 0.902. The Morgan fingerprint density at radius 3 is 2.12 bits per heavy atom. The van der Waals surface area contributed by atoms with E-state index in [1.807, 2.05) is 30.3 Å². The van der Waals surface area contributed by atoms with Crippen LogP contribution in [0.15, 0.2) is 40.9 Å². The molecule has 0 aromatic heterocycles. The Kier molecular flexibility index (Phi) is 3.09. The Morgan fingerprint density at radius 2 is 1.62 bits per heavy atom. The van der Waals surface area contributed by atoms with E-state index in [-0.39, 0.29) is 6.17 Å². The van der Waals surface area contributed by atoms with Gasteiger partial charge in [0.15, 0.2) is 0 Å². The minimum absolute atomic E-state index is 0.350. The maximum atomic E-state index is 10.6. The number of nitrogens with zero attached hydrogens (tertiary/aromatic N) is 4. The van der Waals surface area contributed by atoms with Crippen LogP contribution in [0.4, 0.5) is 0 Å². The van der Waals surface area contributed by atoms with Crippen LogP contribution in [0, 0.1) is 9.81 Å². The monoisotopic (exact) mass is 220 g/mol. The molecule has 1 heterocycles. The lowest BCUT2D eigenvalue weighted by atomic mass is 10.1. The average molecular weight is 220 g/mol. The molecule has 0 N–H and O–H groups in total. The van der Waals surface area contributed by atoms with E-state index in [9.17, 15) is 9.81 Å². The van der Waals surface area contributed by atoms with Crippen LogP contribution >= 0.6 is 0 Å². The van der Waals surface area contributed by atoms with E-state index in [1.165, 1.54) is 10.0 Å². The van der Waals surface area contributed by atoms with Gasteiger partial charge < -0.3 is 0 Å². The molecule has 0 aliphatic carbocycles. The van der Waals surface area contributed by atoms with E-state index in [2.05, 4.69) is 10.6 Å². The highest BCUT2D eigenvalue weighted by Gasteiger charge is 2.32. The van der Waals surface area contributed by atoms with Crippen molar-refractivity contribution in [3.63, 3.8) is 0 Å². The van der Waals surface area contributed by atoms with E-state index in [0.29, 0.717) is 19.5 Å². The van der Waals surface area contributed by atoms with Crippen molar-refractivity contribution in [2.24, 2.45) is 10.6 Å². The van der Waals surface area contributed by atoms with Crippen molar-refractivity contribution in [1.82, 2.24) is 10.0 Å². The normalized spacial score (nSPS) is 16.5. The number of nitroso groups, excluding NO2 is 2. The van der Waals surface area contributed by atoms with Gasteiger partial charge in [-0.3, -0.25) is 0 Å². The second kappa shape index (κ2) is 4.69. The molecule has 0 unspecified atom stereocenters. The Morgan fingerprint density at radius 1 is 1.06 bits per heavy atom. The van der Waals surface area contributed by atoms with Gasteiger partial charge in [0.25, 0.3) is 0 Å². The molecule has 1 fully saturated rings. The summed E-state index contributed by atoms with van der Waals surface area (Å²) in [5.41, 5.74) is 1.05. The summed E-state index contributed by atoms with van der Waals surface area (Å²) in [4.78, 5) is 21.1. The molecule has 1 aromatic rings. The van der Waals surface area contributed by atoms with Crippen LogP contribution < -0.4 is 0 Å². The highest BCUT2D eigenvalue weighted by Crippen LogP contribution is 2.19. The maximum Gasteiger partial charge on any atom is 0.144 e. The summed E-state index contributed by atoms with van der Waals surface area (Å²) in [7, 11) is 0. The predicted octanol–water partition coefficient (Wildman–Crippen LogP) is 1.54.